The number of hydrogen-bond donors (Lipinski definition) is 1. The molecular weight excluding hydrogens is 344 g/mol. The van der Waals surface area contributed by atoms with Gasteiger partial charge in [-0.1, -0.05) is 11.6 Å². The standard InChI is InChI=1S/C16H14ClF2NO2S/c17-11-1-4-13(5-2-11)22-8-7-20-16(21)10-23-15-9-12(18)3-6-14(15)19/h1-6,9H,7-8,10H2,(H,20,21). The molecule has 0 spiro atoms. The Morgan fingerprint density at radius 1 is 1.17 bits per heavy atom. The summed E-state index contributed by atoms with van der Waals surface area (Å²) in [5.74, 6) is -0.708. The topological polar surface area (TPSA) is 38.3 Å². The number of carbonyl (C=O) groups is 1. The van der Waals surface area contributed by atoms with E-state index < -0.39 is 11.6 Å². The van der Waals surface area contributed by atoms with Crippen molar-refractivity contribution in [3.8, 4) is 5.75 Å². The van der Waals surface area contributed by atoms with Crippen LogP contribution in [-0.4, -0.2) is 24.8 Å². The lowest BCUT2D eigenvalue weighted by atomic mass is 10.3. The second-order valence-electron chi connectivity index (χ2n) is 4.52. The van der Waals surface area contributed by atoms with Crippen LogP contribution in [0.25, 0.3) is 0 Å². The first-order chi connectivity index (χ1) is 11.0. The molecule has 2 aromatic carbocycles. The normalized spacial score (nSPS) is 10.4. The minimum Gasteiger partial charge on any atom is -0.492 e. The number of rotatable bonds is 7. The summed E-state index contributed by atoms with van der Waals surface area (Å²) in [6, 6.07) is 10.0. The number of thioether (sulfide) groups is 1. The van der Waals surface area contributed by atoms with E-state index >= 15 is 0 Å². The maximum absolute atomic E-state index is 13.4. The summed E-state index contributed by atoms with van der Waals surface area (Å²) in [6.45, 7) is 0.611. The van der Waals surface area contributed by atoms with Crippen LogP contribution in [0.4, 0.5) is 8.78 Å². The largest absolute Gasteiger partial charge is 0.492 e. The highest BCUT2D eigenvalue weighted by Gasteiger charge is 2.08. The van der Waals surface area contributed by atoms with Crippen LogP contribution in [0.5, 0.6) is 5.75 Å². The monoisotopic (exact) mass is 357 g/mol. The van der Waals surface area contributed by atoms with Gasteiger partial charge in [0, 0.05) is 9.92 Å². The average Bonchev–Trinajstić information content (AvgIpc) is 2.54. The Kier molecular flexibility index (Phi) is 6.67. The summed E-state index contributed by atoms with van der Waals surface area (Å²) >= 11 is 6.70. The zero-order valence-corrected chi connectivity index (χ0v) is 13.6. The summed E-state index contributed by atoms with van der Waals surface area (Å²) in [6.07, 6.45) is 0. The van der Waals surface area contributed by atoms with Crippen molar-refractivity contribution in [2.45, 2.75) is 4.90 Å². The highest BCUT2D eigenvalue weighted by atomic mass is 35.5. The van der Waals surface area contributed by atoms with Gasteiger partial charge in [0.2, 0.25) is 5.91 Å². The van der Waals surface area contributed by atoms with Crippen LogP contribution in [0.2, 0.25) is 5.02 Å². The van der Waals surface area contributed by atoms with Crippen LogP contribution in [0, 0.1) is 11.6 Å². The van der Waals surface area contributed by atoms with Gasteiger partial charge in [-0.3, -0.25) is 4.79 Å². The predicted molar refractivity (Wildman–Crippen MR) is 87.0 cm³/mol. The molecule has 0 atom stereocenters. The first-order valence-corrected chi connectivity index (χ1v) is 8.14. The van der Waals surface area contributed by atoms with E-state index in [1.807, 2.05) is 0 Å². The molecule has 3 nitrogen and oxygen atoms in total. The molecule has 0 bridgehead atoms. The van der Waals surface area contributed by atoms with Crippen molar-refractivity contribution >= 4 is 29.3 Å². The van der Waals surface area contributed by atoms with E-state index in [1.165, 1.54) is 0 Å². The fourth-order valence-electron chi connectivity index (χ4n) is 1.67. The van der Waals surface area contributed by atoms with Gasteiger partial charge in [0.1, 0.15) is 24.0 Å². The van der Waals surface area contributed by atoms with E-state index in [4.69, 9.17) is 16.3 Å². The lowest BCUT2D eigenvalue weighted by Gasteiger charge is -2.08. The summed E-state index contributed by atoms with van der Waals surface area (Å²) in [4.78, 5) is 11.8. The Morgan fingerprint density at radius 2 is 1.91 bits per heavy atom. The summed E-state index contributed by atoms with van der Waals surface area (Å²) in [5, 5.41) is 3.26. The van der Waals surface area contributed by atoms with Gasteiger partial charge in [-0.25, -0.2) is 8.78 Å². The molecule has 1 N–H and O–H groups in total. The first-order valence-electron chi connectivity index (χ1n) is 6.77. The van der Waals surface area contributed by atoms with E-state index in [-0.39, 0.29) is 16.6 Å². The third kappa shape index (κ3) is 6.08. The fourth-order valence-corrected chi connectivity index (χ4v) is 2.59. The SMILES string of the molecule is O=C(CSc1cc(F)ccc1F)NCCOc1ccc(Cl)cc1. The third-order valence-electron chi connectivity index (χ3n) is 2.76. The van der Waals surface area contributed by atoms with Crippen molar-refractivity contribution in [1.82, 2.24) is 5.32 Å². The van der Waals surface area contributed by atoms with Crippen molar-refractivity contribution in [2.24, 2.45) is 0 Å². The number of hydrogen-bond acceptors (Lipinski definition) is 3. The first kappa shape index (κ1) is 17.6. The highest BCUT2D eigenvalue weighted by Crippen LogP contribution is 2.22. The average molecular weight is 358 g/mol. The van der Waals surface area contributed by atoms with Gasteiger partial charge in [0.25, 0.3) is 0 Å². The van der Waals surface area contributed by atoms with Gasteiger partial charge in [-0.05, 0) is 42.5 Å². The molecule has 0 fully saturated rings. The molecule has 0 radical (unpaired) electrons. The van der Waals surface area contributed by atoms with Gasteiger partial charge in [-0.15, -0.1) is 11.8 Å². The molecule has 2 rings (SSSR count). The molecule has 0 aromatic heterocycles. The smallest absolute Gasteiger partial charge is 0.230 e. The van der Waals surface area contributed by atoms with Gasteiger partial charge < -0.3 is 10.1 Å². The van der Waals surface area contributed by atoms with E-state index in [0.717, 1.165) is 30.0 Å². The molecule has 0 aliphatic carbocycles. The zero-order valence-electron chi connectivity index (χ0n) is 12.0. The maximum Gasteiger partial charge on any atom is 0.230 e. The zero-order chi connectivity index (χ0) is 16.7. The quantitative estimate of drug-likeness (QED) is 0.603. The Morgan fingerprint density at radius 3 is 2.65 bits per heavy atom. The fraction of sp³-hybridized carbons (Fsp3) is 0.188. The summed E-state index contributed by atoms with van der Waals surface area (Å²) in [5.41, 5.74) is 0. The Labute approximate surface area is 142 Å². The lowest BCUT2D eigenvalue weighted by Crippen LogP contribution is -2.29. The van der Waals surface area contributed by atoms with Gasteiger partial charge >= 0.3 is 0 Å². The Hall–Kier alpha value is -1.79. The van der Waals surface area contributed by atoms with E-state index in [1.54, 1.807) is 24.3 Å². The molecule has 0 aliphatic heterocycles. The summed E-state index contributed by atoms with van der Waals surface area (Å²) < 4.78 is 31.8. The van der Waals surface area contributed by atoms with Crippen LogP contribution < -0.4 is 10.1 Å². The van der Waals surface area contributed by atoms with Crippen molar-refractivity contribution < 1.29 is 18.3 Å². The minimum atomic E-state index is -0.546. The van der Waals surface area contributed by atoms with Gasteiger partial charge in [0.15, 0.2) is 0 Å². The molecule has 0 saturated carbocycles. The van der Waals surface area contributed by atoms with Crippen molar-refractivity contribution in [1.29, 1.82) is 0 Å². The molecule has 0 heterocycles. The number of nitrogens with one attached hydrogen (secondary N) is 1. The summed E-state index contributed by atoms with van der Waals surface area (Å²) in [7, 11) is 0. The van der Waals surface area contributed by atoms with Crippen LogP contribution >= 0.6 is 23.4 Å². The number of amides is 1. The molecule has 0 unspecified atom stereocenters. The molecule has 0 aliphatic rings. The number of benzene rings is 2. The molecular formula is C16H14ClF2NO2S. The molecule has 23 heavy (non-hydrogen) atoms. The Bertz CT molecular complexity index is 668. The number of halogens is 3. The van der Waals surface area contributed by atoms with Gasteiger partial charge in [0.05, 0.1) is 12.3 Å². The van der Waals surface area contributed by atoms with E-state index in [0.29, 0.717) is 23.9 Å². The number of ether oxygens (including phenoxy) is 1. The third-order valence-corrected chi connectivity index (χ3v) is 4.04. The van der Waals surface area contributed by atoms with Crippen molar-refractivity contribution in [2.75, 3.05) is 18.9 Å². The van der Waals surface area contributed by atoms with Gasteiger partial charge in [-0.2, -0.15) is 0 Å². The second-order valence-corrected chi connectivity index (χ2v) is 5.97. The van der Waals surface area contributed by atoms with Crippen molar-refractivity contribution in [3.63, 3.8) is 0 Å². The van der Waals surface area contributed by atoms with Crippen LogP contribution in [0.3, 0.4) is 0 Å². The van der Waals surface area contributed by atoms with Crippen LogP contribution in [0.1, 0.15) is 0 Å². The Balaban J connectivity index is 1.67. The molecule has 2 aromatic rings. The number of carbonyl (C=O) groups excluding carboxylic acids is 1. The van der Waals surface area contributed by atoms with E-state index in [9.17, 15) is 13.6 Å². The van der Waals surface area contributed by atoms with Crippen molar-refractivity contribution in [3.05, 3.63) is 59.1 Å². The molecule has 7 heteroatoms. The maximum atomic E-state index is 13.4. The van der Waals surface area contributed by atoms with Crippen LogP contribution in [-0.2, 0) is 4.79 Å². The molecule has 122 valence electrons. The lowest BCUT2D eigenvalue weighted by molar-refractivity contribution is -0.118. The second kappa shape index (κ2) is 8.74. The molecule has 0 saturated heterocycles. The molecule has 1 amide bonds. The van der Waals surface area contributed by atoms with Crippen LogP contribution in [0.15, 0.2) is 47.4 Å². The van der Waals surface area contributed by atoms with E-state index in [2.05, 4.69) is 5.32 Å². The minimum absolute atomic E-state index is 0.00131. The predicted octanol–water partition coefficient (Wildman–Crippen LogP) is 3.91. The highest BCUT2D eigenvalue weighted by molar-refractivity contribution is 8.00.